The van der Waals surface area contributed by atoms with Crippen LogP contribution in [0, 0.1) is 11.8 Å². The lowest BCUT2D eigenvalue weighted by molar-refractivity contribution is -0.189. The molecule has 1 aromatic rings. The number of nitrogens with one attached hydrogen (secondary N) is 1. The number of nitrogens with zero attached hydrogens (tertiary/aromatic N) is 1. The predicted molar refractivity (Wildman–Crippen MR) is 138 cm³/mol. The molecule has 0 aromatic heterocycles. The van der Waals surface area contributed by atoms with Gasteiger partial charge in [0.05, 0.1) is 12.2 Å². The van der Waals surface area contributed by atoms with E-state index in [2.05, 4.69) is 25.2 Å². The maximum Gasteiger partial charge on any atom is 0.408 e. The van der Waals surface area contributed by atoms with Crippen LogP contribution in [0.1, 0.15) is 65.5 Å². The van der Waals surface area contributed by atoms with Gasteiger partial charge in [0.25, 0.3) is 0 Å². The van der Waals surface area contributed by atoms with E-state index in [1.807, 2.05) is 50.1 Å². The molecule has 3 heterocycles. The van der Waals surface area contributed by atoms with Gasteiger partial charge in [-0.3, -0.25) is 4.79 Å². The lowest BCUT2D eigenvalue weighted by atomic mass is 9.70. The summed E-state index contributed by atoms with van der Waals surface area (Å²) in [5.41, 5.74) is 0.168. The monoisotopic (exact) mass is 504 g/mol. The third kappa shape index (κ3) is 5.91. The number of fused-ring (bicyclic) bond motifs is 4. The Hall–Kier alpha value is -1.93. The van der Waals surface area contributed by atoms with Crippen molar-refractivity contribution in [3.8, 4) is 5.75 Å². The lowest BCUT2D eigenvalue weighted by Gasteiger charge is -2.53. The van der Waals surface area contributed by atoms with Crippen molar-refractivity contribution >= 4 is 23.8 Å². The second kappa shape index (κ2) is 10.2. The summed E-state index contributed by atoms with van der Waals surface area (Å²) in [6.45, 7) is 11.0. The van der Waals surface area contributed by atoms with E-state index < -0.39 is 17.7 Å². The van der Waals surface area contributed by atoms with Crippen LogP contribution in [0.15, 0.2) is 24.3 Å². The van der Waals surface area contributed by atoms with Crippen LogP contribution in [0.2, 0.25) is 0 Å². The smallest absolute Gasteiger partial charge is 0.408 e. The second-order valence-corrected chi connectivity index (χ2v) is 12.5. The topological polar surface area (TPSA) is 77.1 Å². The number of likely N-dealkylation sites (tertiary alicyclic amines) is 1. The Labute approximate surface area is 213 Å². The van der Waals surface area contributed by atoms with Crippen molar-refractivity contribution in [2.45, 2.75) is 83.3 Å². The summed E-state index contributed by atoms with van der Waals surface area (Å²) in [7, 11) is 0. The van der Waals surface area contributed by atoms with E-state index in [1.165, 1.54) is 0 Å². The molecule has 3 aliphatic rings. The van der Waals surface area contributed by atoms with Crippen molar-refractivity contribution in [2.24, 2.45) is 11.8 Å². The van der Waals surface area contributed by atoms with Crippen LogP contribution >= 0.6 is 11.8 Å². The lowest BCUT2D eigenvalue weighted by Crippen LogP contribution is -2.58. The van der Waals surface area contributed by atoms with Gasteiger partial charge >= 0.3 is 6.09 Å². The highest BCUT2D eigenvalue weighted by Gasteiger charge is 2.51. The Balaban J connectivity index is 1.45. The first kappa shape index (κ1) is 26.1. The maximum atomic E-state index is 13.5. The summed E-state index contributed by atoms with van der Waals surface area (Å²) in [5.74, 6) is 2.11. The summed E-state index contributed by atoms with van der Waals surface area (Å²) >= 11 is 1.66. The summed E-state index contributed by atoms with van der Waals surface area (Å²) in [5, 5.41) is 2.83. The van der Waals surface area contributed by atoms with Crippen LogP contribution in [0.5, 0.6) is 5.75 Å². The van der Waals surface area contributed by atoms with Gasteiger partial charge in [0.2, 0.25) is 5.91 Å². The molecular weight excluding hydrogens is 464 g/mol. The molecule has 8 heteroatoms. The molecule has 0 bridgehead atoms. The van der Waals surface area contributed by atoms with Crippen molar-refractivity contribution in [1.82, 2.24) is 10.2 Å². The molecule has 35 heavy (non-hydrogen) atoms. The van der Waals surface area contributed by atoms with Crippen molar-refractivity contribution in [3.63, 3.8) is 0 Å². The minimum absolute atomic E-state index is 0.0154. The van der Waals surface area contributed by atoms with Gasteiger partial charge in [-0.1, -0.05) is 18.2 Å². The van der Waals surface area contributed by atoms with Crippen LogP contribution in [0.4, 0.5) is 4.79 Å². The van der Waals surface area contributed by atoms with Gasteiger partial charge in [0.1, 0.15) is 23.0 Å². The molecular formula is C27H40N2O5S. The number of rotatable bonds is 5. The zero-order valence-electron chi connectivity index (χ0n) is 21.8. The molecule has 0 unspecified atom stereocenters. The number of thioether (sulfide) groups is 1. The molecule has 2 amide bonds. The SMILES string of the molecule is CSCC[C@@H](NC(=O)OC(C)(C)C)C(=O)N1CC[C@H]2O[C@H]3c4ccccc4OC(C)(C)[C@@H]3C[C@H]2C1. The molecule has 0 spiro atoms. The number of carbonyl (C=O) groups is 2. The molecule has 1 aromatic carbocycles. The standard InChI is InChI=1S/C27H40N2O5S/c1-26(2,3)34-25(31)28-20(12-14-35-6)24(30)29-13-11-21-17(16-29)15-19-23(32-21)18-9-7-8-10-22(18)33-27(19,4)5/h7-10,17,19-21,23H,11-16H2,1-6H3,(H,28,31)/t17-,19+,20+,21+,23-/m0/s1. The summed E-state index contributed by atoms with van der Waals surface area (Å²) in [4.78, 5) is 27.9. The third-order valence-electron chi connectivity index (χ3n) is 7.31. The first-order chi connectivity index (χ1) is 16.5. The number of benzene rings is 1. The fraction of sp³-hybridized carbons (Fsp3) is 0.704. The first-order valence-electron chi connectivity index (χ1n) is 12.7. The van der Waals surface area contributed by atoms with Crippen LogP contribution in [0.3, 0.4) is 0 Å². The highest BCUT2D eigenvalue weighted by molar-refractivity contribution is 7.98. The number of amides is 2. The molecule has 4 rings (SSSR count). The normalized spacial score (nSPS) is 28.0. The van der Waals surface area contributed by atoms with Crippen molar-refractivity contribution in [2.75, 3.05) is 25.1 Å². The number of alkyl carbamates (subject to hydrolysis) is 1. The minimum atomic E-state index is -0.612. The molecule has 2 saturated heterocycles. The van der Waals surface area contributed by atoms with Gasteiger partial charge in [-0.05, 0) is 72.0 Å². The predicted octanol–water partition coefficient (Wildman–Crippen LogP) is 4.80. The number of piperidine rings is 1. The number of ether oxygens (including phenoxy) is 3. The maximum absolute atomic E-state index is 13.5. The largest absolute Gasteiger partial charge is 0.487 e. The summed E-state index contributed by atoms with van der Waals surface area (Å²) in [6.07, 6.45) is 3.90. The van der Waals surface area contributed by atoms with E-state index in [1.54, 1.807) is 11.8 Å². The van der Waals surface area contributed by atoms with E-state index in [-0.39, 0.29) is 35.6 Å². The Bertz CT molecular complexity index is 930. The Morgan fingerprint density at radius 2 is 2.03 bits per heavy atom. The Kier molecular flexibility index (Phi) is 7.62. The van der Waals surface area contributed by atoms with Crippen molar-refractivity contribution in [1.29, 1.82) is 0 Å². The molecule has 3 aliphatic heterocycles. The van der Waals surface area contributed by atoms with Gasteiger partial charge in [-0.25, -0.2) is 4.79 Å². The fourth-order valence-electron chi connectivity index (χ4n) is 5.62. The third-order valence-corrected chi connectivity index (χ3v) is 7.95. The quantitative estimate of drug-likeness (QED) is 0.621. The van der Waals surface area contributed by atoms with Crippen LogP contribution in [-0.2, 0) is 14.3 Å². The minimum Gasteiger partial charge on any atom is -0.487 e. The molecule has 194 valence electrons. The molecule has 1 N–H and O–H groups in total. The number of para-hydroxylation sites is 1. The average Bonchev–Trinajstić information content (AvgIpc) is 2.78. The molecule has 0 aliphatic carbocycles. The van der Waals surface area contributed by atoms with E-state index in [9.17, 15) is 9.59 Å². The van der Waals surface area contributed by atoms with E-state index in [4.69, 9.17) is 14.2 Å². The van der Waals surface area contributed by atoms with Gasteiger partial charge < -0.3 is 24.4 Å². The zero-order chi connectivity index (χ0) is 25.4. The first-order valence-corrected chi connectivity index (χ1v) is 14.1. The Morgan fingerprint density at radius 1 is 1.29 bits per heavy atom. The average molecular weight is 505 g/mol. The van der Waals surface area contributed by atoms with E-state index >= 15 is 0 Å². The van der Waals surface area contributed by atoms with E-state index in [0.717, 1.165) is 29.9 Å². The molecule has 7 nitrogen and oxygen atoms in total. The van der Waals surface area contributed by atoms with Crippen molar-refractivity contribution < 1.29 is 23.8 Å². The summed E-state index contributed by atoms with van der Waals surface area (Å²) < 4.78 is 18.5. The van der Waals surface area contributed by atoms with Gasteiger partial charge in [0, 0.05) is 30.5 Å². The Morgan fingerprint density at radius 3 is 2.74 bits per heavy atom. The molecule has 2 fully saturated rings. The number of hydrogen-bond donors (Lipinski definition) is 1. The molecule has 0 radical (unpaired) electrons. The highest BCUT2D eigenvalue weighted by atomic mass is 32.2. The zero-order valence-corrected chi connectivity index (χ0v) is 22.7. The molecule has 0 saturated carbocycles. The van der Waals surface area contributed by atoms with Gasteiger partial charge in [0.15, 0.2) is 0 Å². The number of carbonyl (C=O) groups excluding carboxylic acids is 2. The fourth-order valence-corrected chi connectivity index (χ4v) is 6.09. The van der Waals surface area contributed by atoms with Crippen LogP contribution < -0.4 is 10.1 Å². The van der Waals surface area contributed by atoms with Crippen LogP contribution in [-0.4, -0.2) is 65.3 Å². The highest BCUT2D eigenvalue weighted by Crippen LogP contribution is 2.52. The summed E-state index contributed by atoms with van der Waals surface area (Å²) in [6, 6.07) is 7.59. The van der Waals surface area contributed by atoms with E-state index in [0.29, 0.717) is 19.5 Å². The molecule has 5 atom stereocenters. The second-order valence-electron chi connectivity index (χ2n) is 11.5. The van der Waals surface area contributed by atoms with Gasteiger partial charge in [-0.15, -0.1) is 0 Å². The van der Waals surface area contributed by atoms with Crippen molar-refractivity contribution in [3.05, 3.63) is 29.8 Å². The van der Waals surface area contributed by atoms with Gasteiger partial charge in [-0.2, -0.15) is 11.8 Å². The number of hydrogen-bond acceptors (Lipinski definition) is 6. The van der Waals surface area contributed by atoms with Crippen LogP contribution in [0.25, 0.3) is 0 Å².